The number of methoxy groups -OCH3 is 1. The summed E-state index contributed by atoms with van der Waals surface area (Å²) in [7, 11) is 1.62. The van der Waals surface area contributed by atoms with E-state index >= 15 is 0 Å². The molecule has 19 heavy (non-hydrogen) atoms. The zero-order valence-corrected chi connectivity index (χ0v) is 11.1. The monoisotopic (exact) mass is 258 g/mol. The number of aromatic nitrogens is 1. The van der Waals surface area contributed by atoms with E-state index < -0.39 is 0 Å². The van der Waals surface area contributed by atoms with Gasteiger partial charge in [0.1, 0.15) is 0 Å². The first-order valence-electron chi connectivity index (χ1n) is 6.40. The quantitative estimate of drug-likeness (QED) is 0.805. The molecule has 2 rings (SSSR count). The third-order valence-corrected chi connectivity index (χ3v) is 2.89. The van der Waals surface area contributed by atoms with Crippen molar-refractivity contribution in [3.63, 3.8) is 0 Å². The third kappa shape index (κ3) is 4.03. The van der Waals surface area contributed by atoms with Crippen molar-refractivity contribution in [2.24, 2.45) is 0 Å². The molecule has 1 aromatic carbocycles. The smallest absolute Gasteiger partial charge is 0.220 e. The number of hydrogen-bond acceptors (Lipinski definition) is 3. The van der Waals surface area contributed by atoms with Crippen LogP contribution in [0.3, 0.4) is 0 Å². The number of amides is 1. The van der Waals surface area contributed by atoms with Crippen LogP contribution < -0.4 is 5.32 Å². The van der Waals surface area contributed by atoms with E-state index in [4.69, 9.17) is 4.74 Å². The Hall–Kier alpha value is -1.94. The van der Waals surface area contributed by atoms with Gasteiger partial charge in [0.2, 0.25) is 5.91 Å². The Kier molecular flexibility index (Phi) is 4.86. The van der Waals surface area contributed by atoms with E-state index in [1.165, 1.54) is 0 Å². The molecule has 1 heterocycles. The summed E-state index contributed by atoms with van der Waals surface area (Å²) in [6.45, 7) is 1.10. The highest BCUT2D eigenvalue weighted by Gasteiger charge is 2.03. The lowest BCUT2D eigenvalue weighted by Gasteiger charge is -2.05. The fraction of sp³-hybridized carbons (Fsp3) is 0.333. The lowest BCUT2D eigenvalue weighted by atomic mass is 10.1. The lowest BCUT2D eigenvalue weighted by molar-refractivity contribution is -0.121. The predicted octanol–water partition coefficient (Wildman–Crippen LogP) is 1.93. The maximum absolute atomic E-state index is 11.6. The molecule has 1 amide bonds. The molecule has 0 radical (unpaired) electrons. The molecule has 4 nitrogen and oxygen atoms in total. The van der Waals surface area contributed by atoms with Crippen molar-refractivity contribution in [1.29, 1.82) is 0 Å². The Balaban J connectivity index is 1.89. The summed E-state index contributed by atoms with van der Waals surface area (Å²) in [5.41, 5.74) is 1.92. The van der Waals surface area contributed by atoms with Crippen LogP contribution >= 0.6 is 0 Å². The van der Waals surface area contributed by atoms with E-state index in [0.717, 1.165) is 16.6 Å². The van der Waals surface area contributed by atoms with Crippen LogP contribution in [-0.2, 0) is 16.0 Å². The third-order valence-electron chi connectivity index (χ3n) is 2.89. The number of pyridine rings is 1. The van der Waals surface area contributed by atoms with Gasteiger partial charge in [0.25, 0.3) is 0 Å². The number of benzene rings is 1. The van der Waals surface area contributed by atoms with Gasteiger partial charge in [0, 0.05) is 31.2 Å². The van der Waals surface area contributed by atoms with Crippen LogP contribution in [0.15, 0.2) is 36.4 Å². The summed E-state index contributed by atoms with van der Waals surface area (Å²) < 4.78 is 4.88. The van der Waals surface area contributed by atoms with E-state index in [1.54, 1.807) is 7.11 Å². The minimum atomic E-state index is 0.0343. The van der Waals surface area contributed by atoms with Crippen molar-refractivity contribution in [1.82, 2.24) is 10.3 Å². The minimum absolute atomic E-state index is 0.0343. The first-order chi connectivity index (χ1) is 9.29. The van der Waals surface area contributed by atoms with Crippen molar-refractivity contribution < 1.29 is 9.53 Å². The Bertz CT molecular complexity index is 555. The van der Waals surface area contributed by atoms with Crippen LogP contribution in [0.1, 0.15) is 12.1 Å². The van der Waals surface area contributed by atoms with Crippen LogP contribution in [0.4, 0.5) is 0 Å². The highest BCUT2D eigenvalue weighted by molar-refractivity contribution is 5.79. The minimum Gasteiger partial charge on any atom is -0.383 e. The number of hydrogen-bond donors (Lipinski definition) is 1. The topological polar surface area (TPSA) is 51.2 Å². The second kappa shape index (κ2) is 6.85. The van der Waals surface area contributed by atoms with Gasteiger partial charge in [-0.2, -0.15) is 0 Å². The number of fused-ring (bicyclic) bond motifs is 1. The van der Waals surface area contributed by atoms with Crippen molar-refractivity contribution in [3.8, 4) is 0 Å². The summed E-state index contributed by atoms with van der Waals surface area (Å²) in [5.74, 6) is 0.0343. The Morgan fingerprint density at radius 1 is 1.26 bits per heavy atom. The van der Waals surface area contributed by atoms with Crippen molar-refractivity contribution in [2.75, 3.05) is 20.3 Å². The molecule has 1 aromatic heterocycles. The number of carbonyl (C=O) groups is 1. The maximum atomic E-state index is 11.6. The summed E-state index contributed by atoms with van der Waals surface area (Å²) in [5, 5.41) is 3.92. The molecular weight excluding hydrogens is 240 g/mol. The average Bonchev–Trinajstić information content (AvgIpc) is 2.45. The molecule has 1 N–H and O–H groups in total. The second-order valence-electron chi connectivity index (χ2n) is 4.34. The Morgan fingerprint density at radius 3 is 2.95 bits per heavy atom. The highest BCUT2D eigenvalue weighted by Crippen LogP contribution is 2.12. The molecule has 0 unspecified atom stereocenters. The molecule has 0 saturated carbocycles. The Morgan fingerprint density at radius 2 is 2.11 bits per heavy atom. The van der Waals surface area contributed by atoms with Gasteiger partial charge >= 0.3 is 0 Å². The van der Waals surface area contributed by atoms with E-state index in [-0.39, 0.29) is 5.91 Å². The maximum Gasteiger partial charge on any atom is 0.220 e. The largest absolute Gasteiger partial charge is 0.383 e. The number of nitrogens with one attached hydrogen (secondary N) is 1. The molecule has 0 fully saturated rings. The number of nitrogens with zero attached hydrogens (tertiary/aromatic N) is 1. The van der Waals surface area contributed by atoms with Crippen molar-refractivity contribution in [2.45, 2.75) is 12.8 Å². The summed E-state index contributed by atoms with van der Waals surface area (Å²) in [6, 6.07) is 12.0. The van der Waals surface area contributed by atoms with Gasteiger partial charge in [-0.1, -0.05) is 24.3 Å². The average molecular weight is 258 g/mol. The first-order valence-corrected chi connectivity index (χ1v) is 6.40. The van der Waals surface area contributed by atoms with E-state index in [9.17, 15) is 4.79 Å². The standard InChI is InChI=1S/C15H18N2O2/c1-19-11-10-16-15(18)9-8-13-7-6-12-4-2-3-5-14(12)17-13/h2-7H,8-11H2,1H3,(H,16,18). The van der Waals surface area contributed by atoms with Crippen molar-refractivity contribution >= 4 is 16.8 Å². The molecule has 0 aliphatic heterocycles. The van der Waals surface area contributed by atoms with Gasteiger partial charge in [-0.05, 0) is 18.6 Å². The van der Waals surface area contributed by atoms with Crippen LogP contribution in [0.25, 0.3) is 10.9 Å². The first kappa shape index (κ1) is 13.5. The number of rotatable bonds is 6. The number of ether oxygens (including phenoxy) is 1. The second-order valence-corrected chi connectivity index (χ2v) is 4.34. The van der Waals surface area contributed by atoms with Crippen molar-refractivity contribution in [3.05, 3.63) is 42.1 Å². The van der Waals surface area contributed by atoms with Gasteiger partial charge in [-0.15, -0.1) is 0 Å². The van der Waals surface area contributed by atoms with Gasteiger partial charge in [-0.25, -0.2) is 0 Å². The summed E-state index contributed by atoms with van der Waals surface area (Å²) in [4.78, 5) is 16.1. The molecular formula is C15H18N2O2. The van der Waals surface area contributed by atoms with E-state index in [0.29, 0.717) is 26.0 Å². The van der Waals surface area contributed by atoms with Crippen LogP contribution in [0.5, 0.6) is 0 Å². The van der Waals surface area contributed by atoms with Crippen LogP contribution in [0, 0.1) is 0 Å². The molecule has 0 bridgehead atoms. The van der Waals surface area contributed by atoms with E-state index in [1.807, 2.05) is 36.4 Å². The van der Waals surface area contributed by atoms with Gasteiger partial charge in [0.05, 0.1) is 12.1 Å². The molecule has 0 spiro atoms. The molecule has 2 aromatic rings. The summed E-state index contributed by atoms with van der Waals surface area (Å²) in [6.07, 6.45) is 1.11. The fourth-order valence-electron chi connectivity index (χ4n) is 1.87. The molecule has 0 aliphatic carbocycles. The molecule has 100 valence electrons. The van der Waals surface area contributed by atoms with Crippen LogP contribution in [-0.4, -0.2) is 31.2 Å². The lowest BCUT2D eigenvalue weighted by Crippen LogP contribution is -2.27. The van der Waals surface area contributed by atoms with Crippen LogP contribution in [0.2, 0.25) is 0 Å². The molecule has 0 atom stereocenters. The number of carbonyl (C=O) groups excluding carboxylic acids is 1. The Labute approximate surface area is 112 Å². The normalized spacial score (nSPS) is 10.6. The summed E-state index contributed by atoms with van der Waals surface area (Å²) >= 11 is 0. The highest BCUT2D eigenvalue weighted by atomic mass is 16.5. The van der Waals surface area contributed by atoms with Gasteiger partial charge in [0.15, 0.2) is 0 Å². The zero-order chi connectivity index (χ0) is 13.5. The van der Waals surface area contributed by atoms with Gasteiger partial charge in [-0.3, -0.25) is 9.78 Å². The molecule has 4 heteroatoms. The number of aryl methyl sites for hydroxylation is 1. The van der Waals surface area contributed by atoms with Gasteiger partial charge < -0.3 is 10.1 Å². The predicted molar refractivity (Wildman–Crippen MR) is 74.9 cm³/mol. The zero-order valence-electron chi connectivity index (χ0n) is 11.1. The molecule has 0 aliphatic rings. The number of para-hydroxylation sites is 1. The SMILES string of the molecule is COCCNC(=O)CCc1ccc2ccccc2n1. The van der Waals surface area contributed by atoms with E-state index in [2.05, 4.69) is 10.3 Å². The molecule has 0 saturated heterocycles. The fourth-order valence-corrected chi connectivity index (χ4v) is 1.87.